The molecule has 0 aromatic carbocycles. The van der Waals surface area contributed by atoms with Crippen molar-refractivity contribution in [3.05, 3.63) is 24.2 Å². The lowest BCUT2D eigenvalue weighted by Crippen LogP contribution is -2.29. The Morgan fingerprint density at radius 2 is 1.22 bits per heavy atom. The van der Waals surface area contributed by atoms with Gasteiger partial charge in [-0.05, 0) is 58.9 Å². The molecule has 0 rings (SSSR count). The van der Waals surface area contributed by atoms with Gasteiger partial charge in [-0.2, -0.15) is 0 Å². The van der Waals surface area contributed by atoms with Gasteiger partial charge in [0, 0.05) is 12.5 Å². The molecule has 0 aliphatic heterocycles. The van der Waals surface area contributed by atoms with Crippen molar-refractivity contribution in [2.45, 2.75) is 71.8 Å². The molecule has 0 N–H and O–H groups in total. The maximum atomic E-state index is 11.9. The minimum Gasteiger partial charge on any atom is -0.547 e. The van der Waals surface area contributed by atoms with Crippen LogP contribution in [-0.2, 0) is 18.1 Å². The first-order valence-electron chi connectivity index (χ1n) is 8.07. The van der Waals surface area contributed by atoms with Crippen LogP contribution in [0.3, 0.4) is 0 Å². The standard InChI is InChI=1S/C16H34O4Si3/c1-14(18-21(2,3)4)13-15(19-22(5,6)7)11-12-16(17)20-23(8,9)10/h13H,1,11-12H2,2-10H3/b15-13+. The fraction of sp³-hybridized carbons (Fsp3) is 0.688. The molecule has 7 heteroatoms. The van der Waals surface area contributed by atoms with E-state index in [4.69, 9.17) is 13.3 Å². The van der Waals surface area contributed by atoms with Crippen molar-refractivity contribution in [3.8, 4) is 0 Å². The van der Waals surface area contributed by atoms with E-state index in [2.05, 4.69) is 45.9 Å². The van der Waals surface area contributed by atoms with Crippen LogP contribution in [-0.4, -0.2) is 30.9 Å². The quantitative estimate of drug-likeness (QED) is 0.314. The Morgan fingerprint density at radius 3 is 1.61 bits per heavy atom. The van der Waals surface area contributed by atoms with E-state index in [1.807, 2.05) is 25.7 Å². The van der Waals surface area contributed by atoms with Crippen LogP contribution in [0.25, 0.3) is 0 Å². The molecule has 0 heterocycles. The molecular weight excluding hydrogens is 340 g/mol. The van der Waals surface area contributed by atoms with Crippen molar-refractivity contribution in [1.82, 2.24) is 0 Å². The molecule has 4 nitrogen and oxygen atoms in total. The normalized spacial score (nSPS) is 13.5. The van der Waals surface area contributed by atoms with Crippen LogP contribution in [0.4, 0.5) is 0 Å². The number of carbonyl (C=O) groups is 1. The summed E-state index contributed by atoms with van der Waals surface area (Å²) in [5.74, 6) is 1.21. The Morgan fingerprint density at radius 1 is 0.783 bits per heavy atom. The highest BCUT2D eigenvalue weighted by Crippen LogP contribution is 2.20. The Labute approximate surface area is 145 Å². The van der Waals surface area contributed by atoms with Crippen LogP contribution in [0.2, 0.25) is 58.9 Å². The van der Waals surface area contributed by atoms with Crippen molar-refractivity contribution in [2.75, 3.05) is 0 Å². The van der Waals surface area contributed by atoms with Gasteiger partial charge < -0.3 is 13.3 Å². The van der Waals surface area contributed by atoms with Crippen LogP contribution in [0, 0.1) is 0 Å². The molecule has 0 spiro atoms. The van der Waals surface area contributed by atoms with Gasteiger partial charge in [0.1, 0.15) is 0 Å². The van der Waals surface area contributed by atoms with Gasteiger partial charge in [0.05, 0.1) is 17.9 Å². The maximum Gasteiger partial charge on any atom is 0.292 e. The molecule has 0 saturated carbocycles. The summed E-state index contributed by atoms with van der Waals surface area (Å²) >= 11 is 0. The molecule has 0 saturated heterocycles. The molecule has 0 aliphatic rings. The zero-order valence-electron chi connectivity index (χ0n) is 16.3. The monoisotopic (exact) mass is 374 g/mol. The highest BCUT2D eigenvalue weighted by atomic mass is 28.4. The van der Waals surface area contributed by atoms with Crippen LogP contribution in [0.1, 0.15) is 12.8 Å². The fourth-order valence-corrected chi connectivity index (χ4v) is 4.34. The van der Waals surface area contributed by atoms with Crippen LogP contribution >= 0.6 is 0 Å². The SMILES string of the molecule is C=C(/C=C(\CCC(=O)O[Si](C)(C)C)O[Si](C)(C)C)O[Si](C)(C)C. The van der Waals surface area contributed by atoms with Crippen molar-refractivity contribution < 1.29 is 18.1 Å². The fourth-order valence-electron chi connectivity index (χ4n) is 1.77. The molecule has 23 heavy (non-hydrogen) atoms. The van der Waals surface area contributed by atoms with Crippen molar-refractivity contribution in [2.24, 2.45) is 0 Å². The van der Waals surface area contributed by atoms with Gasteiger partial charge in [-0.15, -0.1) is 0 Å². The topological polar surface area (TPSA) is 44.8 Å². The van der Waals surface area contributed by atoms with Crippen LogP contribution in [0.5, 0.6) is 0 Å². The third-order valence-electron chi connectivity index (χ3n) is 2.19. The second-order valence-electron chi connectivity index (χ2n) is 8.59. The third kappa shape index (κ3) is 14.5. The summed E-state index contributed by atoms with van der Waals surface area (Å²) in [5.41, 5.74) is 0. The predicted octanol–water partition coefficient (Wildman–Crippen LogP) is 5.25. The zero-order valence-corrected chi connectivity index (χ0v) is 19.3. The highest BCUT2D eigenvalue weighted by molar-refractivity contribution is 6.71. The zero-order chi connectivity index (χ0) is 18.5. The molecule has 0 amide bonds. The molecular formula is C16H34O4Si3. The summed E-state index contributed by atoms with van der Waals surface area (Å²) in [6.07, 6.45) is 2.67. The molecule has 0 unspecified atom stereocenters. The van der Waals surface area contributed by atoms with Gasteiger partial charge in [0.15, 0.2) is 0 Å². The summed E-state index contributed by atoms with van der Waals surface area (Å²) in [4.78, 5) is 11.9. The van der Waals surface area contributed by atoms with Gasteiger partial charge in [-0.25, -0.2) is 0 Å². The minimum atomic E-state index is -1.84. The van der Waals surface area contributed by atoms with Gasteiger partial charge in [-0.3, -0.25) is 4.79 Å². The van der Waals surface area contributed by atoms with E-state index in [1.165, 1.54) is 0 Å². The summed E-state index contributed by atoms with van der Waals surface area (Å²) in [6, 6.07) is 0. The van der Waals surface area contributed by atoms with E-state index in [9.17, 15) is 4.79 Å². The lowest BCUT2D eigenvalue weighted by Gasteiger charge is -2.24. The van der Waals surface area contributed by atoms with Gasteiger partial charge >= 0.3 is 0 Å². The summed E-state index contributed by atoms with van der Waals surface area (Å²) in [5, 5.41) is 0. The number of carbonyl (C=O) groups excluding carboxylic acids is 1. The molecule has 0 aliphatic carbocycles. The largest absolute Gasteiger partial charge is 0.547 e. The maximum absolute atomic E-state index is 11.9. The van der Waals surface area contributed by atoms with Crippen molar-refractivity contribution in [1.29, 1.82) is 0 Å². The lowest BCUT2D eigenvalue weighted by molar-refractivity contribution is -0.135. The number of allylic oxidation sites excluding steroid dienone is 2. The molecule has 0 atom stereocenters. The Kier molecular flexibility index (Phi) is 8.05. The summed E-state index contributed by atoms with van der Waals surface area (Å²) in [7, 11) is -5.30. The van der Waals surface area contributed by atoms with E-state index >= 15 is 0 Å². The molecule has 0 radical (unpaired) electrons. The Bertz CT molecular complexity index is 451. The van der Waals surface area contributed by atoms with Crippen LogP contribution in [0.15, 0.2) is 24.2 Å². The average molecular weight is 375 g/mol. The Balaban J connectivity index is 4.89. The van der Waals surface area contributed by atoms with Gasteiger partial charge in [0.2, 0.25) is 25.0 Å². The second kappa shape index (κ2) is 8.34. The molecule has 0 aromatic heterocycles. The van der Waals surface area contributed by atoms with E-state index in [0.717, 1.165) is 5.76 Å². The van der Waals surface area contributed by atoms with E-state index in [1.54, 1.807) is 0 Å². The first-order chi connectivity index (χ1) is 10.1. The van der Waals surface area contributed by atoms with E-state index < -0.39 is 25.0 Å². The van der Waals surface area contributed by atoms with E-state index in [-0.39, 0.29) is 5.97 Å². The number of hydrogen-bond acceptors (Lipinski definition) is 4. The van der Waals surface area contributed by atoms with Gasteiger partial charge in [0.25, 0.3) is 5.97 Å². The smallest absolute Gasteiger partial charge is 0.292 e. The summed E-state index contributed by atoms with van der Waals surface area (Å²) in [6.45, 7) is 22.6. The Hall–Kier alpha value is -0.799. The number of rotatable bonds is 9. The summed E-state index contributed by atoms with van der Waals surface area (Å²) < 4.78 is 17.4. The lowest BCUT2D eigenvalue weighted by atomic mass is 10.2. The molecule has 0 bridgehead atoms. The highest BCUT2D eigenvalue weighted by Gasteiger charge is 2.23. The average Bonchev–Trinajstić information content (AvgIpc) is 2.18. The van der Waals surface area contributed by atoms with Crippen molar-refractivity contribution in [3.63, 3.8) is 0 Å². The van der Waals surface area contributed by atoms with Crippen LogP contribution < -0.4 is 0 Å². The minimum absolute atomic E-state index is 0.161. The number of hydrogen-bond donors (Lipinski definition) is 0. The van der Waals surface area contributed by atoms with E-state index in [0.29, 0.717) is 18.6 Å². The second-order valence-corrected chi connectivity index (χ2v) is 21.9. The first kappa shape index (κ1) is 22.2. The molecule has 134 valence electrons. The molecule has 0 fully saturated rings. The van der Waals surface area contributed by atoms with Gasteiger partial charge in [-0.1, -0.05) is 6.58 Å². The van der Waals surface area contributed by atoms with Crippen molar-refractivity contribution >= 4 is 30.9 Å². The predicted molar refractivity (Wildman–Crippen MR) is 105 cm³/mol. The third-order valence-corrected chi connectivity index (χ3v) is 4.78. The molecule has 0 aromatic rings. The first-order valence-corrected chi connectivity index (χ1v) is 18.3.